The molecule has 1 unspecified atom stereocenters. The molecule has 1 atom stereocenters. The standard InChI is InChI=1S/C14H30N2/c1-13(2)8-7-9-14(3)12-16(6)11-10-15(4)5/h8,14H,7,9-12H2,1-6H3. The van der Waals surface area contributed by atoms with E-state index in [0.29, 0.717) is 0 Å². The zero-order valence-corrected chi connectivity index (χ0v) is 12.1. The first-order valence-corrected chi connectivity index (χ1v) is 6.38. The van der Waals surface area contributed by atoms with Gasteiger partial charge in [-0.3, -0.25) is 0 Å². The van der Waals surface area contributed by atoms with Gasteiger partial charge in [0, 0.05) is 19.6 Å². The average molecular weight is 226 g/mol. The minimum atomic E-state index is 0.794. The summed E-state index contributed by atoms with van der Waals surface area (Å²) in [7, 11) is 6.49. The van der Waals surface area contributed by atoms with Crippen LogP contribution >= 0.6 is 0 Å². The van der Waals surface area contributed by atoms with E-state index < -0.39 is 0 Å². The van der Waals surface area contributed by atoms with Gasteiger partial charge in [0.2, 0.25) is 0 Å². The van der Waals surface area contributed by atoms with Gasteiger partial charge in [0.25, 0.3) is 0 Å². The van der Waals surface area contributed by atoms with Gasteiger partial charge in [0.15, 0.2) is 0 Å². The van der Waals surface area contributed by atoms with Crippen LogP contribution in [0.4, 0.5) is 0 Å². The summed E-state index contributed by atoms with van der Waals surface area (Å²) in [6.07, 6.45) is 4.87. The molecule has 2 nitrogen and oxygen atoms in total. The first-order valence-electron chi connectivity index (χ1n) is 6.38. The highest BCUT2D eigenvalue weighted by atomic mass is 15.1. The lowest BCUT2D eigenvalue weighted by Gasteiger charge is -2.22. The van der Waals surface area contributed by atoms with Crippen molar-refractivity contribution in [2.75, 3.05) is 40.8 Å². The first-order chi connectivity index (χ1) is 7.41. The average Bonchev–Trinajstić information content (AvgIpc) is 2.14. The van der Waals surface area contributed by atoms with Crippen LogP contribution in [0.25, 0.3) is 0 Å². The Kier molecular flexibility index (Phi) is 8.58. The van der Waals surface area contributed by atoms with Crippen LogP contribution in [0, 0.1) is 5.92 Å². The number of hydrogen-bond donors (Lipinski definition) is 0. The fraction of sp³-hybridized carbons (Fsp3) is 0.857. The highest BCUT2D eigenvalue weighted by Gasteiger charge is 2.05. The summed E-state index contributed by atoms with van der Waals surface area (Å²) in [5, 5.41) is 0. The normalized spacial score (nSPS) is 13.2. The van der Waals surface area contributed by atoms with Crippen LogP contribution in [-0.2, 0) is 0 Å². The van der Waals surface area contributed by atoms with E-state index in [1.165, 1.54) is 31.5 Å². The molecular formula is C14H30N2. The summed E-state index contributed by atoms with van der Waals surface area (Å²) in [4.78, 5) is 4.68. The molecule has 0 amide bonds. The first kappa shape index (κ1) is 15.7. The summed E-state index contributed by atoms with van der Waals surface area (Å²) in [5.74, 6) is 0.794. The lowest BCUT2D eigenvalue weighted by atomic mass is 10.0. The molecule has 2 heteroatoms. The molecule has 0 aliphatic heterocycles. The maximum Gasteiger partial charge on any atom is 0.0106 e. The number of likely N-dealkylation sites (N-methyl/N-ethyl adjacent to an activating group) is 2. The molecule has 0 saturated heterocycles. The van der Waals surface area contributed by atoms with Crippen LogP contribution in [0.1, 0.15) is 33.6 Å². The van der Waals surface area contributed by atoms with E-state index >= 15 is 0 Å². The second-order valence-electron chi connectivity index (χ2n) is 5.53. The van der Waals surface area contributed by atoms with Gasteiger partial charge in [-0.05, 0) is 53.8 Å². The summed E-state index contributed by atoms with van der Waals surface area (Å²) >= 11 is 0. The second-order valence-corrected chi connectivity index (χ2v) is 5.53. The zero-order chi connectivity index (χ0) is 12.6. The highest BCUT2D eigenvalue weighted by molar-refractivity contribution is 4.92. The Bertz CT molecular complexity index is 193. The van der Waals surface area contributed by atoms with E-state index in [-0.39, 0.29) is 0 Å². The summed E-state index contributed by atoms with van der Waals surface area (Å²) in [6.45, 7) is 10.2. The summed E-state index contributed by atoms with van der Waals surface area (Å²) in [5.41, 5.74) is 1.44. The quantitative estimate of drug-likeness (QED) is 0.587. The van der Waals surface area contributed by atoms with Crippen LogP contribution in [0.15, 0.2) is 11.6 Å². The Balaban J connectivity index is 3.61. The van der Waals surface area contributed by atoms with Gasteiger partial charge in [-0.2, -0.15) is 0 Å². The van der Waals surface area contributed by atoms with Crippen LogP contribution < -0.4 is 0 Å². The summed E-state index contributed by atoms with van der Waals surface area (Å²) < 4.78 is 0. The number of allylic oxidation sites excluding steroid dienone is 2. The SMILES string of the molecule is CC(C)=CCCC(C)CN(C)CCN(C)C. The largest absolute Gasteiger partial charge is 0.308 e. The lowest BCUT2D eigenvalue weighted by molar-refractivity contribution is 0.248. The van der Waals surface area contributed by atoms with Crippen molar-refractivity contribution in [2.45, 2.75) is 33.6 Å². The highest BCUT2D eigenvalue weighted by Crippen LogP contribution is 2.08. The van der Waals surface area contributed by atoms with Crippen molar-refractivity contribution < 1.29 is 0 Å². The van der Waals surface area contributed by atoms with Gasteiger partial charge in [0.1, 0.15) is 0 Å². The molecule has 16 heavy (non-hydrogen) atoms. The molecule has 0 rings (SSSR count). The fourth-order valence-corrected chi connectivity index (χ4v) is 1.74. The van der Waals surface area contributed by atoms with E-state index in [0.717, 1.165) is 12.5 Å². The third kappa shape index (κ3) is 10.2. The maximum atomic E-state index is 2.44. The molecule has 96 valence electrons. The Morgan fingerprint density at radius 2 is 1.75 bits per heavy atom. The van der Waals surface area contributed by atoms with Crippen molar-refractivity contribution in [2.24, 2.45) is 5.92 Å². The van der Waals surface area contributed by atoms with Crippen molar-refractivity contribution in [3.8, 4) is 0 Å². The molecule has 0 aromatic heterocycles. The second kappa shape index (κ2) is 8.77. The number of rotatable bonds is 8. The third-order valence-electron chi connectivity index (χ3n) is 2.76. The topological polar surface area (TPSA) is 6.48 Å². The van der Waals surface area contributed by atoms with E-state index in [1.54, 1.807) is 0 Å². The molecular weight excluding hydrogens is 196 g/mol. The van der Waals surface area contributed by atoms with Crippen molar-refractivity contribution >= 4 is 0 Å². The summed E-state index contributed by atoms with van der Waals surface area (Å²) in [6, 6.07) is 0. The van der Waals surface area contributed by atoms with E-state index in [9.17, 15) is 0 Å². The molecule has 0 aromatic rings. The van der Waals surface area contributed by atoms with Crippen LogP contribution in [0.2, 0.25) is 0 Å². The predicted octanol–water partition coefficient (Wildman–Crippen LogP) is 2.86. The molecule has 0 aromatic carbocycles. The zero-order valence-electron chi connectivity index (χ0n) is 12.1. The molecule has 0 heterocycles. The molecule has 0 aliphatic rings. The third-order valence-corrected chi connectivity index (χ3v) is 2.76. The number of nitrogens with zero attached hydrogens (tertiary/aromatic N) is 2. The minimum Gasteiger partial charge on any atom is -0.308 e. The molecule has 0 aliphatic carbocycles. The van der Waals surface area contributed by atoms with Crippen LogP contribution in [0.5, 0.6) is 0 Å². The van der Waals surface area contributed by atoms with Crippen LogP contribution in [-0.4, -0.2) is 50.6 Å². The van der Waals surface area contributed by atoms with Gasteiger partial charge >= 0.3 is 0 Å². The van der Waals surface area contributed by atoms with E-state index in [1.807, 2.05) is 0 Å². The maximum absolute atomic E-state index is 2.44. The smallest absolute Gasteiger partial charge is 0.0106 e. The molecule has 0 saturated carbocycles. The van der Waals surface area contributed by atoms with Crippen LogP contribution in [0.3, 0.4) is 0 Å². The molecule has 0 radical (unpaired) electrons. The van der Waals surface area contributed by atoms with Crippen molar-refractivity contribution in [3.05, 3.63) is 11.6 Å². The number of hydrogen-bond acceptors (Lipinski definition) is 2. The Morgan fingerprint density at radius 1 is 1.12 bits per heavy atom. The Labute approximate surface area is 102 Å². The van der Waals surface area contributed by atoms with Crippen molar-refractivity contribution in [1.82, 2.24) is 9.80 Å². The van der Waals surface area contributed by atoms with Gasteiger partial charge in [-0.15, -0.1) is 0 Å². The lowest BCUT2D eigenvalue weighted by Crippen LogP contribution is -2.31. The van der Waals surface area contributed by atoms with E-state index in [4.69, 9.17) is 0 Å². The minimum absolute atomic E-state index is 0.794. The molecule has 0 N–H and O–H groups in total. The molecule has 0 spiro atoms. The molecule has 0 fully saturated rings. The van der Waals surface area contributed by atoms with Gasteiger partial charge in [0.05, 0.1) is 0 Å². The van der Waals surface area contributed by atoms with Crippen molar-refractivity contribution in [3.63, 3.8) is 0 Å². The van der Waals surface area contributed by atoms with Gasteiger partial charge in [-0.1, -0.05) is 18.6 Å². The van der Waals surface area contributed by atoms with E-state index in [2.05, 4.69) is 57.8 Å². The fourth-order valence-electron chi connectivity index (χ4n) is 1.74. The van der Waals surface area contributed by atoms with Gasteiger partial charge in [-0.25, -0.2) is 0 Å². The Hall–Kier alpha value is -0.340. The monoisotopic (exact) mass is 226 g/mol. The predicted molar refractivity (Wildman–Crippen MR) is 73.9 cm³/mol. The van der Waals surface area contributed by atoms with Crippen molar-refractivity contribution in [1.29, 1.82) is 0 Å². The Morgan fingerprint density at radius 3 is 2.25 bits per heavy atom. The van der Waals surface area contributed by atoms with Gasteiger partial charge < -0.3 is 9.80 Å². The molecule has 0 bridgehead atoms.